The third kappa shape index (κ3) is 3.43. The van der Waals surface area contributed by atoms with Crippen LogP contribution in [0.25, 0.3) is 0 Å². The van der Waals surface area contributed by atoms with E-state index >= 15 is 0 Å². The predicted molar refractivity (Wildman–Crippen MR) is 68.4 cm³/mol. The summed E-state index contributed by atoms with van der Waals surface area (Å²) in [4.78, 5) is 11.8. The number of hydrogen-bond acceptors (Lipinski definition) is 3. The van der Waals surface area contributed by atoms with Crippen molar-refractivity contribution in [3.8, 4) is 0 Å². The molecule has 1 amide bonds. The Kier molecular flexibility index (Phi) is 5.41. The van der Waals surface area contributed by atoms with Crippen LogP contribution in [-0.2, 0) is 0 Å². The van der Waals surface area contributed by atoms with E-state index in [1.807, 2.05) is 18.2 Å². The van der Waals surface area contributed by atoms with E-state index in [-0.39, 0.29) is 36.9 Å². The van der Waals surface area contributed by atoms with Crippen molar-refractivity contribution in [1.29, 1.82) is 0 Å². The second-order valence-corrected chi connectivity index (χ2v) is 4.05. The Hall–Kier alpha value is -1.10. The highest BCUT2D eigenvalue weighted by Gasteiger charge is 2.27. The molecule has 0 bridgehead atoms. The third-order valence-electron chi connectivity index (χ3n) is 2.93. The van der Waals surface area contributed by atoms with Crippen LogP contribution in [0.3, 0.4) is 0 Å². The zero-order valence-corrected chi connectivity index (χ0v) is 10.2. The fourth-order valence-electron chi connectivity index (χ4n) is 1.94. The van der Waals surface area contributed by atoms with Crippen molar-refractivity contribution in [2.24, 2.45) is 5.92 Å². The Bertz CT molecular complexity index is 359. The van der Waals surface area contributed by atoms with Gasteiger partial charge in [0.15, 0.2) is 0 Å². The SMILES string of the molecule is Cl.O=C(NC1CNCC1CO)c1ccccc1. The molecule has 1 aliphatic heterocycles. The molecule has 0 spiro atoms. The third-order valence-corrected chi connectivity index (χ3v) is 2.93. The summed E-state index contributed by atoms with van der Waals surface area (Å²) in [5, 5.41) is 15.2. The van der Waals surface area contributed by atoms with E-state index in [2.05, 4.69) is 10.6 Å². The van der Waals surface area contributed by atoms with Crippen LogP contribution in [0.2, 0.25) is 0 Å². The molecule has 1 aromatic rings. The molecule has 2 unspecified atom stereocenters. The molecule has 0 aromatic heterocycles. The molecule has 17 heavy (non-hydrogen) atoms. The van der Waals surface area contributed by atoms with Crippen molar-refractivity contribution in [3.63, 3.8) is 0 Å². The van der Waals surface area contributed by atoms with Gasteiger partial charge in [-0.1, -0.05) is 18.2 Å². The second kappa shape index (κ2) is 6.59. The van der Waals surface area contributed by atoms with Gasteiger partial charge in [-0.05, 0) is 12.1 Å². The lowest BCUT2D eigenvalue weighted by Gasteiger charge is -2.17. The van der Waals surface area contributed by atoms with E-state index in [1.165, 1.54) is 0 Å². The predicted octanol–water partition coefficient (Wildman–Crippen LogP) is 0.418. The zero-order valence-electron chi connectivity index (χ0n) is 9.43. The number of aliphatic hydroxyl groups is 1. The number of nitrogens with one attached hydrogen (secondary N) is 2. The standard InChI is InChI=1S/C12H16N2O2.ClH/c15-8-10-6-13-7-11(10)14-12(16)9-4-2-1-3-5-9;/h1-5,10-11,13,15H,6-8H2,(H,14,16);1H. The van der Waals surface area contributed by atoms with E-state index in [1.54, 1.807) is 12.1 Å². The minimum Gasteiger partial charge on any atom is -0.396 e. The molecule has 5 heteroatoms. The summed E-state index contributed by atoms with van der Waals surface area (Å²) in [7, 11) is 0. The maximum Gasteiger partial charge on any atom is 0.251 e. The molecule has 1 heterocycles. The maximum atomic E-state index is 11.8. The number of carbonyl (C=O) groups is 1. The Balaban J connectivity index is 0.00000144. The van der Waals surface area contributed by atoms with Crippen LogP contribution >= 0.6 is 12.4 Å². The normalized spacial score (nSPS) is 22.9. The van der Waals surface area contributed by atoms with Gasteiger partial charge in [0.05, 0.1) is 0 Å². The van der Waals surface area contributed by atoms with Crippen LogP contribution in [0.4, 0.5) is 0 Å². The minimum absolute atomic E-state index is 0. The molecule has 1 aromatic carbocycles. The molecule has 1 aliphatic rings. The number of amides is 1. The van der Waals surface area contributed by atoms with Gasteiger partial charge in [-0.2, -0.15) is 0 Å². The summed E-state index contributed by atoms with van der Waals surface area (Å²) in [6, 6.07) is 9.15. The summed E-state index contributed by atoms with van der Waals surface area (Å²) in [6.45, 7) is 1.59. The molecule has 1 saturated heterocycles. The lowest BCUT2D eigenvalue weighted by Crippen LogP contribution is -2.41. The largest absolute Gasteiger partial charge is 0.396 e. The second-order valence-electron chi connectivity index (χ2n) is 4.05. The lowest BCUT2D eigenvalue weighted by molar-refractivity contribution is 0.0921. The fraction of sp³-hybridized carbons (Fsp3) is 0.417. The van der Waals surface area contributed by atoms with Gasteiger partial charge in [0, 0.05) is 37.2 Å². The smallest absolute Gasteiger partial charge is 0.251 e. The van der Waals surface area contributed by atoms with Gasteiger partial charge >= 0.3 is 0 Å². The molecule has 3 N–H and O–H groups in total. The number of rotatable bonds is 3. The maximum absolute atomic E-state index is 11.8. The minimum atomic E-state index is -0.0762. The summed E-state index contributed by atoms with van der Waals surface area (Å²) < 4.78 is 0. The van der Waals surface area contributed by atoms with E-state index < -0.39 is 0 Å². The Labute approximate surface area is 107 Å². The van der Waals surface area contributed by atoms with Gasteiger partial charge in [-0.25, -0.2) is 0 Å². The first-order chi connectivity index (χ1) is 7.81. The van der Waals surface area contributed by atoms with E-state index in [0.29, 0.717) is 5.56 Å². The van der Waals surface area contributed by atoms with Gasteiger partial charge < -0.3 is 15.7 Å². The number of halogens is 1. The van der Waals surface area contributed by atoms with Crippen LogP contribution in [-0.4, -0.2) is 36.8 Å². The van der Waals surface area contributed by atoms with Gasteiger partial charge in [0.1, 0.15) is 0 Å². The average Bonchev–Trinajstić information content (AvgIpc) is 2.77. The van der Waals surface area contributed by atoms with Crippen molar-refractivity contribution in [1.82, 2.24) is 10.6 Å². The Morgan fingerprint density at radius 2 is 2.06 bits per heavy atom. The fourth-order valence-corrected chi connectivity index (χ4v) is 1.94. The monoisotopic (exact) mass is 256 g/mol. The molecule has 1 fully saturated rings. The van der Waals surface area contributed by atoms with Crippen molar-refractivity contribution in [2.75, 3.05) is 19.7 Å². The Morgan fingerprint density at radius 3 is 2.71 bits per heavy atom. The van der Waals surface area contributed by atoms with Crippen LogP contribution in [0.5, 0.6) is 0 Å². The van der Waals surface area contributed by atoms with E-state index in [4.69, 9.17) is 5.11 Å². The van der Waals surface area contributed by atoms with Gasteiger partial charge in [0.2, 0.25) is 0 Å². The first-order valence-electron chi connectivity index (χ1n) is 5.48. The van der Waals surface area contributed by atoms with Gasteiger partial charge in [-0.3, -0.25) is 4.79 Å². The van der Waals surface area contributed by atoms with Crippen molar-refractivity contribution >= 4 is 18.3 Å². The molecule has 0 radical (unpaired) electrons. The molecule has 2 atom stereocenters. The van der Waals surface area contributed by atoms with E-state index in [9.17, 15) is 4.79 Å². The number of benzene rings is 1. The number of hydrogen-bond donors (Lipinski definition) is 3. The molecule has 2 rings (SSSR count). The molecule has 0 saturated carbocycles. The molecule has 94 valence electrons. The molecule has 4 nitrogen and oxygen atoms in total. The summed E-state index contributed by atoms with van der Waals surface area (Å²) in [5.74, 6) is 0.0420. The topological polar surface area (TPSA) is 61.4 Å². The first kappa shape index (κ1) is 14.0. The summed E-state index contributed by atoms with van der Waals surface area (Å²) in [6.07, 6.45) is 0. The average molecular weight is 257 g/mol. The summed E-state index contributed by atoms with van der Waals surface area (Å²) in [5.41, 5.74) is 0.658. The van der Waals surface area contributed by atoms with Gasteiger partial charge in [0.25, 0.3) is 5.91 Å². The number of aliphatic hydroxyl groups excluding tert-OH is 1. The van der Waals surface area contributed by atoms with Crippen LogP contribution in [0, 0.1) is 5.92 Å². The highest BCUT2D eigenvalue weighted by Crippen LogP contribution is 2.09. The zero-order chi connectivity index (χ0) is 11.4. The lowest BCUT2D eigenvalue weighted by atomic mass is 10.0. The van der Waals surface area contributed by atoms with E-state index in [0.717, 1.165) is 13.1 Å². The highest BCUT2D eigenvalue weighted by molar-refractivity contribution is 5.94. The van der Waals surface area contributed by atoms with Crippen molar-refractivity contribution in [3.05, 3.63) is 35.9 Å². The molecule has 0 aliphatic carbocycles. The summed E-state index contributed by atoms with van der Waals surface area (Å²) >= 11 is 0. The Morgan fingerprint density at radius 1 is 1.35 bits per heavy atom. The number of carbonyl (C=O) groups excluding carboxylic acids is 1. The highest BCUT2D eigenvalue weighted by atomic mass is 35.5. The molecular weight excluding hydrogens is 240 g/mol. The first-order valence-corrected chi connectivity index (χ1v) is 5.48. The van der Waals surface area contributed by atoms with Crippen LogP contribution in [0.15, 0.2) is 30.3 Å². The molecular formula is C12H17ClN2O2. The van der Waals surface area contributed by atoms with Crippen LogP contribution < -0.4 is 10.6 Å². The van der Waals surface area contributed by atoms with Gasteiger partial charge in [-0.15, -0.1) is 12.4 Å². The van der Waals surface area contributed by atoms with Crippen molar-refractivity contribution < 1.29 is 9.90 Å². The van der Waals surface area contributed by atoms with Crippen LogP contribution in [0.1, 0.15) is 10.4 Å². The van der Waals surface area contributed by atoms with Crippen molar-refractivity contribution in [2.45, 2.75) is 6.04 Å². The quantitative estimate of drug-likeness (QED) is 0.735.